The van der Waals surface area contributed by atoms with Crippen LogP contribution >= 0.6 is 11.8 Å². The number of Topliss-reactive ketones (excluding diaryl/α,β-unsaturated/α-hetero) is 4. The molecule has 2 heterocycles. The number of nitrogens with two attached hydrogens (primary N) is 2. The van der Waals surface area contributed by atoms with Crippen molar-refractivity contribution in [2.75, 3.05) is 52.0 Å². The Hall–Kier alpha value is -6.43. The van der Waals surface area contributed by atoms with E-state index >= 15 is 0 Å². The Morgan fingerprint density at radius 3 is 1.49 bits per heavy atom. The molecule has 0 saturated carbocycles. The fourth-order valence-corrected chi connectivity index (χ4v) is 12.0. The van der Waals surface area contributed by atoms with Crippen LogP contribution in [0.3, 0.4) is 0 Å². The molecule has 0 spiro atoms. The molecule has 0 aromatic rings. The van der Waals surface area contributed by atoms with Crippen LogP contribution < -0.4 is 48.7 Å². The Morgan fingerprint density at radius 1 is 0.532 bits per heavy atom. The number of nitrogens with zero attached hydrogens (tertiary/aromatic N) is 2. The molecule has 0 bridgehead atoms. The van der Waals surface area contributed by atoms with Crippen molar-refractivity contribution in [2.24, 2.45) is 58.8 Å². The number of aliphatic hydroxyl groups is 3. The first-order chi connectivity index (χ1) is 44.0. The monoisotopic (exact) mass is 1350 g/mol. The topological polar surface area (TPSA) is 442 Å². The molecular weight excluding hydrogens is 1240 g/mol. The van der Waals surface area contributed by atoms with Gasteiger partial charge in [-0.05, 0) is 113 Å². The Bertz CT molecular complexity index is 2550. The predicted molar refractivity (Wildman–Crippen MR) is 354 cm³/mol. The molecule has 0 aromatic carbocycles. The third kappa shape index (κ3) is 29.3. The first-order valence-electron chi connectivity index (χ1n) is 33.1. The number of hydrogen-bond acceptors (Lipinski definition) is 19. The zero-order valence-electron chi connectivity index (χ0n) is 58.0. The van der Waals surface area contributed by atoms with Crippen LogP contribution in [0.4, 0.5) is 0 Å². The number of primary amides is 2. The lowest BCUT2D eigenvalue weighted by atomic mass is 9.84. The molecule has 2 fully saturated rings. The van der Waals surface area contributed by atoms with Crippen LogP contribution in [0.25, 0.3) is 0 Å². The molecule has 2 rings (SSSR count). The van der Waals surface area contributed by atoms with Crippen molar-refractivity contribution in [1.29, 1.82) is 0 Å². The summed E-state index contributed by atoms with van der Waals surface area (Å²) >= 11 is 1.47. The molecule has 536 valence electrons. The number of likely N-dealkylation sites (tertiary alicyclic amines) is 2. The number of rotatable bonds is 43. The highest BCUT2D eigenvalue weighted by Crippen LogP contribution is 2.26. The second kappa shape index (κ2) is 43.6. The summed E-state index contributed by atoms with van der Waals surface area (Å²) in [6, 6.07) is -8.83. The van der Waals surface area contributed by atoms with E-state index in [1.165, 1.54) is 30.5 Å². The summed E-state index contributed by atoms with van der Waals surface area (Å²) in [5, 5.41) is 47.8. The molecule has 10 amide bonds. The Morgan fingerprint density at radius 2 is 1.01 bits per heavy atom. The van der Waals surface area contributed by atoms with Gasteiger partial charge in [0.1, 0.15) is 30.2 Å². The quantitative estimate of drug-likeness (QED) is 0.0385. The van der Waals surface area contributed by atoms with Crippen molar-refractivity contribution in [3.63, 3.8) is 0 Å². The van der Waals surface area contributed by atoms with Gasteiger partial charge in [0.15, 0.2) is 23.1 Å². The molecule has 28 nitrogen and oxygen atoms in total. The average molecular weight is 1350 g/mol. The van der Waals surface area contributed by atoms with Gasteiger partial charge in [0.25, 0.3) is 0 Å². The maximum atomic E-state index is 14.2. The van der Waals surface area contributed by atoms with Crippen molar-refractivity contribution in [3.05, 3.63) is 0 Å². The second-order valence-corrected chi connectivity index (χ2v) is 27.6. The molecule has 94 heavy (non-hydrogen) atoms. The van der Waals surface area contributed by atoms with Gasteiger partial charge in [0.05, 0.1) is 44.0 Å². The number of likely N-dealkylation sites (N-methyl/N-ethyl adjacent to an activating group) is 1. The smallest absolute Gasteiger partial charge is 0.248 e. The molecule has 2 aliphatic rings. The van der Waals surface area contributed by atoms with Gasteiger partial charge >= 0.3 is 0 Å². The summed E-state index contributed by atoms with van der Waals surface area (Å²) in [6.45, 7) is 19.9. The van der Waals surface area contributed by atoms with Crippen LogP contribution in [0, 0.1) is 47.3 Å². The SMILES string of the molecule is CC[C@H](C)[C@H](NC(=O)[C@@H]1CCCN1C(=O)[C@H](CO)NC(=O)[C@H](CCC(N)=O)CC(=O)[C@H](CCSC)NC(C)=O)C(=O)C[C@H](C(=O)N[C@@H](CC(C)C)C(=O)N1CCC[C@H]1C(C)=O)C(C)C.CN[C@@H](CC(C)C)C(=O)N[C@@H](CO)C(=O)C[C@@H](CC(C)C)C(=O)N[C@@H](CO)C(N)=O. The summed E-state index contributed by atoms with van der Waals surface area (Å²) < 4.78 is 0. The largest absolute Gasteiger partial charge is 0.394 e. The highest BCUT2D eigenvalue weighted by atomic mass is 32.2. The number of nitrogens with one attached hydrogen (secondary N) is 7. The van der Waals surface area contributed by atoms with Gasteiger partial charge in [-0.15, -0.1) is 0 Å². The van der Waals surface area contributed by atoms with E-state index in [2.05, 4.69) is 37.2 Å². The van der Waals surface area contributed by atoms with Gasteiger partial charge in [0, 0.05) is 63.5 Å². The van der Waals surface area contributed by atoms with Crippen LogP contribution in [-0.4, -0.2) is 214 Å². The van der Waals surface area contributed by atoms with Crippen LogP contribution in [0.5, 0.6) is 0 Å². The lowest BCUT2D eigenvalue weighted by Crippen LogP contribution is -2.57. The van der Waals surface area contributed by atoms with Crippen molar-refractivity contribution in [2.45, 2.75) is 227 Å². The summed E-state index contributed by atoms with van der Waals surface area (Å²) in [6.07, 6.45) is 4.52. The molecule has 29 heteroatoms. The summed E-state index contributed by atoms with van der Waals surface area (Å²) in [4.78, 5) is 184. The van der Waals surface area contributed by atoms with Gasteiger partial charge < -0.3 is 73.8 Å². The van der Waals surface area contributed by atoms with E-state index in [0.717, 1.165) is 0 Å². The van der Waals surface area contributed by atoms with Crippen LogP contribution in [0.15, 0.2) is 0 Å². The van der Waals surface area contributed by atoms with Crippen molar-refractivity contribution >= 4 is 94.0 Å². The van der Waals surface area contributed by atoms with Gasteiger partial charge in [-0.2, -0.15) is 11.8 Å². The van der Waals surface area contributed by atoms with E-state index in [9.17, 15) is 82.4 Å². The van der Waals surface area contributed by atoms with Crippen molar-refractivity contribution in [3.8, 4) is 0 Å². The summed E-state index contributed by atoms with van der Waals surface area (Å²) in [7, 11) is 1.64. The van der Waals surface area contributed by atoms with Gasteiger partial charge in [-0.1, -0.05) is 75.7 Å². The zero-order valence-corrected chi connectivity index (χ0v) is 58.8. The number of carbonyl (C=O) groups excluding carboxylic acids is 14. The Balaban J connectivity index is 0.00000123. The zero-order chi connectivity index (χ0) is 71.9. The van der Waals surface area contributed by atoms with E-state index in [0.29, 0.717) is 63.7 Å². The molecule has 0 radical (unpaired) electrons. The fraction of sp³-hybridized carbons (Fsp3) is 0.785. The van der Waals surface area contributed by atoms with Crippen molar-refractivity contribution in [1.82, 2.24) is 47.0 Å². The van der Waals surface area contributed by atoms with Crippen LogP contribution in [0.1, 0.15) is 173 Å². The normalized spacial score (nSPS) is 18.2. The highest BCUT2D eigenvalue weighted by Gasteiger charge is 2.43. The second-order valence-electron chi connectivity index (χ2n) is 26.6. The fourth-order valence-electron chi connectivity index (χ4n) is 11.5. The minimum Gasteiger partial charge on any atom is -0.394 e. The first kappa shape index (κ1) is 85.6. The van der Waals surface area contributed by atoms with Gasteiger partial charge in [0.2, 0.25) is 59.1 Å². The van der Waals surface area contributed by atoms with Gasteiger partial charge in [-0.3, -0.25) is 67.1 Å². The Labute approximate surface area is 559 Å². The molecule has 0 aliphatic carbocycles. The maximum absolute atomic E-state index is 14.2. The predicted octanol–water partition coefficient (Wildman–Crippen LogP) is 0.108. The molecule has 2 aliphatic heterocycles. The molecule has 2 saturated heterocycles. The van der Waals surface area contributed by atoms with E-state index in [-0.39, 0.29) is 86.3 Å². The highest BCUT2D eigenvalue weighted by molar-refractivity contribution is 7.98. The minimum absolute atomic E-state index is 0.0355. The number of aliphatic hydroxyl groups excluding tert-OH is 3. The molecule has 13 atom stereocenters. The third-order valence-corrected chi connectivity index (χ3v) is 17.6. The molecule has 0 aromatic heterocycles. The van der Waals surface area contributed by atoms with Crippen molar-refractivity contribution < 1.29 is 82.4 Å². The first-order valence-corrected chi connectivity index (χ1v) is 34.5. The molecule has 14 N–H and O–H groups in total. The third-order valence-electron chi connectivity index (χ3n) is 17.0. The van der Waals surface area contributed by atoms with Gasteiger partial charge in [-0.25, -0.2) is 0 Å². The lowest BCUT2D eigenvalue weighted by Gasteiger charge is -2.32. The summed E-state index contributed by atoms with van der Waals surface area (Å²) in [5.41, 5.74) is 10.5. The van der Waals surface area contributed by atoms with E-state index in [4.69, 9.17) is 11.5 Å². The summed E-state index contributed by atoms with van der Waals surface area (Å²) in [5.74, 6) is -10.1. The number of thioether (sulfide) groups is 1. The number of ketones is 4. The minimum atomic E-state index is -1.52. The molecular formula is C65H113N11O17S. The average Bonchev–Trinajstić information content (AvgIpc) is 1.61. The standard InChI is InChI=1S/C45H75N7O11S.C20H38N4O6/c1-10-27(6)40(38(57)23-31(26(4)5)42(60)48-33(21-25(2)3)44(62)51-18-11-13-35(51)28(7)54)50-43(61)36-14-12-19-52(36)45(63)34(24-53)49-41(59)30(15-16-39(46)58)22-37(56)32(17-20-64-9)47-29(8)55;1-11(2)6-13(19(29)24-16(10-26)18(21)28)8-17(27)15(9-25)23-20(30)14(22-5)7-12(3)4/h25-27,30-36,40,53H,10-24H2,1-9H3,(H2,46,58)(H,47,55)(H,48,60)(H,49,59)(H,50,61);11-16,22,25-26H,6-10H2,1-5H3,(H2,21,28)(H,23,30)(H,24,29)/t27-,30+,31-,32-,33-,34-,35-,36-,40-;13-,14+,15+,16+/m01/s1. The van der Waals surface area contributed by atoms with E-state index in [1.807, 2.05) is 54.7 Å². The van der Waals surface area contributed by atoms with Crippen LogP contribution in [0.2, 0.25) is 0 Å². The molecule has 0 unspecified atom stereocenters. The van der Waals surface area contributed by atoms with Crippen LogP contribution in [-0.2, 0) is 67.1 Å². The number of amides is 10. The maximum Gasteiger partial charge on any atom is 0.248 e. The number of carbonyl (C=O) groups is 14. The van der Waals surface area contributed by atoms with E-state index in [1.54, 1.807) is 32.7 Å². The van der Waals surface area contributed by atoms with E-state index < -0.39 is 162 Å². The Kier molecular flexibility index (Phi) is 39.7. The lowest BCUT2D eigenvalue weighted by molar-refractivity contribution is -0.144. The number of hydrogen-bond donors (Lipinski definition) is 12.